The van der Waals surface area contributed by atoms with Crippen LogP contribution in [0.4, 0.5) is 4.79 Å². The molecule has 0 aliphatic rings. The fourth-order valence-corrected chi connectivity index (χ4v) is 1.74. The van der Waals surface area contributed by atoms with E-state index in [1.807, 2.05) is 34.6 Å². The van der Waals surface area contributed by atoms with E-state index in [-0.39, 0.29) is 6.04 Å². The van der Waals surface area contributed by atoms with Gasteiger partial charge in [-0.2, -0.15) is 5.26 Å². The van der Waals surface area contributed by atoms with Gasteiger partial charge in [-0.05, 0) is 47.5 Å². The van der Waals surface area contributed by atoms with Crippen molar-refractivity contribution in [1.29, 1.82) is 5.26 Å². The molecule has 0 rings (SSSR count). The Hall–Kier alpha value is -1.32. The number of nitrogens with zero attached hydrogens (tertiary/aromatic N) is 1. The summed E-state index contributed by atoms with van der Waals surface area (Å²) in [4.78, 5) is 11.5. The van der Waals surface area contributed by atoms with Crippen LogP contribution in [0.1, 0.15) is 47.5 Å². The molecule has 22 heavy (non-hydrogen) atoms. The zero-order valence-electron chi connectivity index (χ0n) is 14.8. The van der Waals surface area contributed by atoms with E-state index >= 15 is 0 Å². The first kappa shape index (κ1) is 20.7. The molecule has 0 bridgehead atoms. The van der Waals surface area contributed by atoms with Gasteiger partial charge < -0.3 is 20.1 Å². The van der Waals surface area contributed by atoms with Gasteiger partial charge in [-0.3, -0.25) is 0 Å². The summed E-state index contributed by atoms with van der Waals surface area (Å²) in [5.74, 6) is 0. The van der Waals surface area contributed by atoms with Crippen molar-refractivity contribution in [2.24, 2.45) is 5.41 Å². The Morgan fingerprint density at radius 3 is 2.41 bits per heavy atom. The molecule has 1 amide bonds. The van der Waals surface area contributed by atoms with Crippen molar-refractivity contribution in [3.05, 3.63) is 0 Å². The molecule has 6 heteroatoms. The highest BCUT2D eigenvalue weighted by Crippen LogP contribution is 2.12. The van der Waals surface area contributed by atoms with Gasteiger partial charge in [0.2, 0.25) is 0 Å². The maximum atomic E-state index is 11.5. The Morgan fingerprint density at radius 2 is 1.91 bits per heavy atom. The van der Waals surface area contributed by atoms with Crippen LogP contribution in [-0.4, -0.2) is 44.5 Å². The zero-order chi connectivity index (χ0) is 17.2. The van der Waals surface area contributed by atoms with Crippen molar-refractivity contribution < 1.29 is 14.3 Å². The number of hydrogen-bond acceptors (Lipinski definition) is 5. The fourth-order valence-electron chi connectivity index (χ4n) is 1.74. The summed E-state index contributed by atoms with van der Waals surface area (Å²) in [6.07, 6.45) is 1.27. The Morgan fingerprint density at radius 1 is 1.27 bits per heavy atom. The largest absolute Gasteiger partial charge is 0.444 e. The lowest BCUT2D eigenvalue weighted by Gasteiger charge is -2.23. The SMILES string of the molecule is COCC(CCCNC(=O)OC(C)(C)C)NCC(C)(C)C#N. The number of ether oxygens (including phenoxy) is 2. The second-order valence-electron chi connectivity index (χ2n) is 7.10. The van der Waals surface area contributed by atoms with Crippen LogP contribution in [0.3, 0.4) is 0 Å². The van der Waals surface area contributed by atoms with Crippen molar-refractivity contribution in [2.75, 3.05) is 26.8 Å². The second kappa shape index (κ2) is 9.65. The molecule has 0 fully saturated rings. The van der Waals surface area contributed by atoms with Crippen molar-refractivity contribution in [1.82, 2.24) is 10.6 Å². The van der Waals surface area contributed by atoms with Gasteiger partial charge in [0.1, 0.15) is 5.60 Å². The number of nitrogens with one attached hydrogen (secondary N) is 2. The van der Waals surface area contributed by atoms with Gasteiger partial charge in [0.05, 0.1) is 18.1 Å². The van der Waals surface area contributed by atoms with Crippen LogP contribution in [0.5, 0.6) is 0 Å². The first-order valence-electron chi connectivity index (χ1n) is 7.70. The van der Waals surface area contributed by atoms with Gasteiger partial charge in [-0.15, -0.1) is 0 Å². The lowest BCUT2D eigenvalue weighted by atomic mass is 9.95. The first-order valence-corrected chi connectivity index (χ1v) is 7.70. The Bertz CT molecular complexity index is 370. The molecule has 0 aromatic heterocycles. The minimum absolute atomic E-state index is 0.165. The monoisotopic (exact) mass is 313 g/mol. The molecule has 0 spiro atoms. The number of hydrogen-bond donors (Lipinski definition) is 2. The normalized spacial score (nSPS) is 13.3. The predicted octanol–water partition coefficient (Wildman–Crippen LogP) is 2.45. The quantitative estimate of drug-likeness (QED) is 0.639. The molecule has 0 radical (unpaired) electrons. The Balaban J connectivity index is 4.01. The van der Waals surface area contributed by atoms with Gasteiger partial charge in [0.15, 0.2) is 0 Å². The minimum Gasteiger partial charge on any atom is -0.444 e. The maximum Gasteiger partial charge on any atom is 0.407 e. The average molecular weight is 313 g/mol. The molecule has 1 atom stereocenters. The molecule has 0 aromatic rings. The standard InChI is InChI=1S/C16H31N3O3/c1-15(2,3)22-14(20)18-9-7-8-13(10-21-6)19-12-16(4,5)11-17/h13,19H,7-10,12H2,1-6H3,(H,18,20). The Kier molecular flexibility index (Phi) is 9.07. The third kappa shape index (κ3) is 11.4. The van der Waals surface area contributed by atoms with Crippen molar-refractivity contribution in [3.63, 3.8) is 0 Å². The summed E-state index contributed by atoms with van der Waals surface area (Å²) in [6.45, 7) is 11.0. The van der Waals surface area contributed by atoms with Crippen LogP contribution in [0.25, 0.3) is 0 Å². The number of rotatable bonds is 9. The molecular formula is C16H31N3O3. The molecule has 2 N–H and O–H groups in total. The number of amides is 1. The van der Waals surface area contributed by atoms with Crippen molar-refractivity contribution >= 4 is 6.09 Å². The highest BCUT2D eigenvalue weighted by atomic mass is 16.6. The topological polar surface area (TPSA) is 83.4 Å². The number of alkyl carbamates (subject to hydrolysis) is 1. The van der Waals surface area contributed by atoms with E-state index in [0.29, 0.717) is 19.7 Å². The number of carbonyl (C=O) groups is 1. The molecule has 0 heterocycles. The number of methoxy groups -OCH3 is 1. The molecule has 6 nitrogen and oxygen atoms in total. The van der Waals surface area contributed by atoms with Crippen molar-refractivity contribution in [2.45, 2.75) is 59.1 Å². The highest BCUT2D eigenvalue weighted by Gasteiger charge is 2.19. The molecule has 0 aliphatic carbocycles. The Labute approximate surface area is 134 Å². The van der Waals surface area contributed by atoms with Gasteiger partial charge in [0.25, 0.3) is 0 Å². The second-order valence-corrected chi connectivity index (χ2v) is 7.10. The lowest BCUT2D eigenvalue weighted by molar-refractivity contribution is 0.0526. The number of nitriles is 1. The summed E-state index contributed by atoms with van der Waals surface area (Å²) < 4.78 is 10.4. The van der Waals surface area contributed by atoms with Crippen LogP contribution in [0.2, 0.25) is 0 Å². The molecule has 0 aliphatic heterocycles. The zero-order valence-corrected chi connectivity index (χ0v) is 14.8. The third-order valence-corrected chi connectivity index (χ3v) is 2.90. The summed E-state index contributed by atoms with van der Waals surface area (Å²) in [5.41, 5.74) is -0.881. The third-order valence-electron chi connectivity index (χ3n) is 2.90. The van der Waals surface area contributed by atoms with Crippen LogP contribution in [0.15, 0.2) is 0 Å². The predicted molar refractivity (Wildman–Crippen MR) is 86.5 cm³/mol. The van der Waals surface area contributed by atoms with E-state index < -0.39 is 17.1 Å². The highest BCUT2D eigenvalue weighted by molar-refractivity contribution is 5.67. The lowest BCUT2D eigenvalue weighted by Crippen LogP contribution is -2.40. The van der Waals surface area contributed by atoms with E-state index in [0.717, 1.165) is 12.8 Å². The van der Waals surface area contributed by atoms with E-state index in [1.165, 1.54) is 0 Å². The maximum absolute atomic E-state index is 11.5. The molecule has 0 aromatic carbocycles. The van der Waals surface area contributed by atoms with Gasteiger partial charge >= 0.3 is 6.09 Å². The summed E-state index contributed by atoms with van der Waals surface area (Å²) in [5, 5.41) is 15.1. The molecule has 0 saturated heterocycles. The van der Waals surface area contributed by atoms with Gasteiger partial charge in [0, 0.05) is 26.2 Å². The molecule has 128 valence electrons. The molecular weight excluding hydrogens is 282 g/mol. The van der Waals surface area contributed by atoms with E-state index in [2.05, 4.69) is 16.7 Å². The molecule has 0 saturated carbocycles. The summed E-state index contributed by atoms with van der Waals surface area (Å²) in [6, 6.07) is 2.43. The van der Waals surface area contributed by atoms with E-state index in [9.17, 15) is 4.79 Å². The van der Waals surface area contributed by atoms with E-state index in [1.54, 1.807) is 7.11 Å². The average Bonchev–Trinajstić information content (AvgIpc) is 2.39. The van der Waals surface area contributed by atoms with Crippen LogP contribution in [0, 0.1) is 16.7 Å². The summed E-state index contributed by atoms with van der Waals surface area (Å²) in [7, 11) is 1.66. The van der Waals surface area contributed by atoms with Crippen molar-refractivity contribution in [3.8, 4) is 6.07 Å². The van der Waals surface area contributed by atoms with Crippen LogP contribution in [-0.2, 0) is 9.47 Å². The minimum atomic E-state index is -0.479. The van der Waals surface area contributed by atoms with E-state index in [4.69, 9.17) is 14.7 Å². The van der Waals surface area contributed by atoms with Gasteiger partial charge in [-0.1, -0.05) is 0 Å². The fraction of sp³-hybridized carbons (Fsp3) is 0.875. The number of carbonyl (C=O) groups excluding carboxylic acids is 1. The smallest absolute Gasteiger partial charge is 0.407 e. The van der Waals surface area contributed by atoms with Crippen LogP contribution >= 0.6 is 0 Å². The van der Waals surface area contributed by atoms with Gasteiger partial charge in [-0.25, -0.2) is 4.79 Å². The van der Waals surface area contributed by atoms with Crippen LogP contribution < -0.4 is 10.6 Å². The first-order chi connectivity index (χ1) is 10.1. The molecule has 1 unspecified atom stereocenters. The summed E-state index contributed by atoms with van der Waals surface area (Å²) >= 11 is 0.